The molecule has 0 aliphatic carbocycles. The van der Waals surface area contributed by atoms with Crippen LogP contribution in [0.3, 0.4) is 0 Å². The number of likely N-dealkylation sites (tertiary alicyclic amines) is 1. The number of hydrogen-bond donors (Lipinski definition) is 3. The van der Waals surface area contributed by atoms with Crippen molar-refractivity contribution in [2.45, 2.75) is 25.4 Å². The van der Waals surface area contributed by atoms with Crippen LogP contribution in [0.2, 0.25) is 0 Å². The number of nitrogens with zero attached hydrogens (tertiary/aromatic N) is 1. The predicted molar refractivity (Wildman–Crippen MR) is 60.8 cm³/mol. The number of benzene rings is 1. The van der Waals surface area contributed by atoms with Crippen molar-refractivity contribution >= 4 is 5.97 Å². The summed E-state index contributed by atoms with van der Waals surface area (Å²) in [7, 11) is 0. The Morgan fingerprint density at radius 1 is 1.35 bits per heavy atom. The number of phenols is 2. The molecule has 1 heterocycles. The third-order valence-corrected chi connectivity index (χ3v) is 3.07. The highest BCUT2D eigenvalue weighted by Gasteiger charge is 2.30. The summed E-state index contributed by atoms with van der Waals surface area (Å²) >= 11 is 0. The van der Waals surface area contributed by atoms with E-state index in [1.165, 1.54) is 12.1 Å². The average molecular weight is 237 g/mol. The Labute approximate surface area is 98.9 Å². The molecule has 0 spiro atoms. The van der Waals surface area contributed by atoms with Gasteiger partial charge in [0.25, 0.3) is 0 Å². The molecule has 0 saturated carbocycles. The Kier molecular flexibility index (Phi) is 3.19. The normalized spacial score (nSPS) is 20.6. The fourth-order valence-corrected chi connectivity index (χ4v) is 2.20. The third kappa shape index (κ3) is 2.50. The lowest BCUT2D eigenvalue weighted by Gasteiger charge is -2.21. The molecule has 1 unspecified atom stereocenters. The minimum absolute atomic E-state index is 0.162. The van der Waals surface area contributed by atoms with Crippen LogP contribution in [-0.2, 0) is 11.3 Å². The van der Waals surface area contributed by atoms with Gasteiger partial charge in [-0.1, -0.05) is 6.07 Å². The van der Waals surface area contributed by atoms with Crippen LogP contribution in [0.25, 0.3) is 0 Å². The van der Waals surface area contributed by atoms with Gasteiger partial charge in [-0.15, -0.1) is 0 Å². The summed E-state index contributed by atoms with van der Waals surface area (Å²) in [4.78, 5) is 12.9. The molecule has 3 N–H and O–H groups in total. The number of carboxylic acids is 1. The molecule has 0 bridgehead atoms. The fraction of sp³-hybridized carbons (Fsp3) is 0.417. The van der Waals surface area contributed by atoms with Gasteiger partial charge in [-0.05, 0) is 37.1 Å². The van der Waals surface area contributed by atoms with Gasteiger partial charge in [0.05, 0.1) is 0 Å². The van der Waals surface area contributed by atoms with Crippen LogP contribution in [0.4, 0.5) is 0 Å². The summed E-state index contributed by atoms with van der Waals surface area (Å²) in [6, 6.07) is 4.13. The van der Waals surface area contributed by atoms with E-state index in [2.05, 4.69) is 0 Å². The highest BCUT2D eigenvalue weighted by molar-refractivity contribution is 5.73. The summed E-state index contributed by atoms with van der Waals surface area (Å²) < 4.78 is 0. The van der Waals surface area contributed by atoms with Crippen LogP contribution in [0.15, 0.2) is 18.2 Å². The lowest BCUT2D eigenvalue weighted by Crippen LogP contribution is -2.35. The molecule has 1 aromatic rings. The monoisotopic (exact) mass is 237 g/mol. The van der Waals surface area contributed by atoms with Crippen molar-refractivity contribution in [2.24, 2.45) is 0 Å². The lowest BCUT2D eigenvalue weighted by atomic mass is 10.1. The zero-order chi connectivity index (χ0) is 12.4. The maximum absolute atomic E-state index is 11.0. The molecule has 5 nitrogen and oxygen atoms in total. The van der Waals surface area contributed by atoms with Crippen molar-refractivity contribution in [1.29, 1.82) is 0 Å². The standard InChI is InChI=1S/C12H15NO4/c14-10-4-3-8(6-11(10)15)7-13-5-1-2-9(13)12(16)17/h3-4,6,9,14-15H,1-2,5,7H2,(H,16,17). The highest BCUT2D eigenvalue weighted by atomic mass is 16.4. The smallest absolute Gasteiger partial charge is 0.320 e. The van der Waals surface area contributed by atoms with Gasteiger partial charge in [-0.3, -0.25) is 9.69 Å². The van der Waals surface area contributed by atoms with E-state index in [-0.39, 0.29) is 11.5 Å². The second-order valence-electron chi connectivity index (χ2n) is 4.29. The van der Waals surface area contributed by atoms with Gasteiger partial charge in [0.15, 0.2) is 11.5 Å². The van der Waals surface area contributed by atoms with Gasteiger partial charge in [-0.2, -0.15) is 0 Å². The Bertz CT molecular complexity index is 433. The van der Waals surface area contributed by atoms with Gasteiger partial charge in [0.1, 0.15) is 6.04 Å². The van der Waals surface area contributed by atoms with E-state index in [9.17, 15) is 15.0 Å². The molecule has 0 aromatic heterocycles. The molecule has 1 fully saturated rings. The lowest BCUT2D eigenvalue weighted by molar-refractivity contribution is -0.142. The minimum Gasteiger partial charge on any atom is -0.504 e. The molecular formula is C12H15NO4. The maximum atomic E-state index is 11.0. The van der Waals surface area contributed by atoms with Crippen LogP contribution in [0.1, 0.15) is 18.4 Å². The molecule has 17 heavy (non-hydrogen) atoms. The quantitative estimate of drug-likeness (QED) is 0.687. The van der Waals surface area contributed by atoms with E-state index in [1.54, 1.807) is 6.07 Å². The molecule has 1 aliphatic rings. The SMILES string of the molecule is O=C(O)C1CCCN1Cc1ccc(O)c(O)c1. The topological polar surface area (TPSA) is 81.0 Å². The van der Waals surface area contributed by atoms with Gasteiger partial charge in [0.2, 0.25) is 0 Å². The number of aliphatic carboxylic acids is 1. The van der Waals surface area contributed by atoms with Gasteiger partial charge in [-0.25, -0.2) is 0 Å². The molecular weight excluding hydrogens is 222 g/mol. The molecule has 1 aromatic carbocycles. The molecule has 2 rings (SSSR count). The third-order valence-electron chi connectivity index (χ3n) is 3.07. The number of carboxylic acid groups (broad SMARTS) is 1. The van der Waals surface area contributed by atoms with Crippen LogP contribution in [0.5, 0.6) is 11.5 Å². The predicted octanol–water partition coefficient (Wildman–Crippen LogP) is 1.15. The van der Waals surface area contributed by atoms with E-state index < -0.39 is 12.0 Å². The average Bonchev–Trinajstić information content (AvgIpc) is 2.72. The van der Waals surface area contributed by atoms with E-state index in [0.29, 0.717) is 13.0 Å². The highest BCUT2D eigenvalue weighted by Crippen LogP contribution is 2.27. The van der Waals surface area contributed by atoms with Crippen molar-refractivity contribution in [3.8, 4) is 11.5 Å². The number of rotatable bonds is 3. The number of aromatic hydroxyl groups is 2. The van der Waals surface area contributed by atoms with Crippen LogP contribution in [-0.4, -0.2) is 38.8 Å². The largest absolute Gasteiger partial charge is 0.504 e. The second-order valence-corrected chi connectivity index (χ2v) is 4.29. The van der Waals surface area contributed by atoms with Crippen LogP contribution >= 0.6 is 0 Å². The first-order valence-corrected chi connectivity index (χ1v) is 5.55. The Balaban J connectivity index is 2.09. The minimum atomic E-state index is -0.800. The summed E-state index contributed by atoms with van der Waals surface area (Å²) in [6.45, 7) is 1.23. The zero-order valence-corrected chi connectivity index (χ0v) is 9.33. The Morgan fingerprint density at radius 2 is 2.12 bits per heavy atom. The first-order chi connectivity index (χ1) is 8.08. The Hall–Kier alpha value is -1.75. The number of phenolic OH excluding ortho intramolecular Hbond substituents is 2. The zero-order valence-electron chi connectivity index (χ0n) is 9.33. The molecule has 0 amide bonds. The number of hydrogen-bond acceptors (Lipinski definition) is 4. The summed E-state index contributed by atoms with van der Waals surface area (Å²) in [5, 5.41) is 27.6. The van der Waals surface area contributed by atoms with Crippen molar-refractivity contribution in [3.63, 3.8) is 0 Å². The van der Waals surface area contributed by atoms with Gasteiger partial charge < -0.3 is 15.3 Å². The second kappa shape index (κ2) is 4.63. The van der Waals surface area contributed by atoms with E-state index in [1.807, 2.05) is 4.90 Å². The molecule has 5 heteroatoms. The van der Waals surface area contributed by atoms with Crippen molar-refractivity contribution in [3.05, 3.63) is 23.8 Å². The van der Waals surface area contributed by atoms with E-state index in [0.717, 1.165) is 18.5 Å². The maximum Gasteiger partial charge on any atom is 0.320 e. The molecule has 0 radical (unpaired) electrons. The molecule has 1 aliphatic heterocycles. The summed E-state index contributed by atoms with van der Waals surface area (Å²) in [5.74, 6) is -1.14. The van der Waals surface area contributed by atoms with Gasteiger partial charge in [0, 0.05) is 6.54 Å². The summed E-state index contributed by atoms with van der Waals surface area (Å²) in [6.07, 6.45) is 1.54. The summed E-state index contributed by atoms with van der Waals surface area (Å²) in [5.41, 5.74) is 0.799. The van der Waals surface area contributed by atoms with E-state index in [4.69, 9.17) is 5.11 Å². The molecule has 1 saturated heterocycles. The van der Waals surface area contributed by atoms with Gasteiger partial charge >= 0.3 is 5.97 Å². The number of carbonyl (C=O) groups is 1. The molecule has 92 valence electrons. The first kappa shape index (κ1) is 11.7. The fourth-order valence-electron chi connectivity index (χ4n) is 2.20. The van der Waals surface area contributed by atoms with Crippen LogP contribution in [0, 0.1) is 0 Å². The van der Waals surface area contributed by atoms with E-state index >= 15 is 0 Å². The van der Waals surface area contributed by atoms with Crippen molar-refractivity contribution < 1.29 is 20.1 Å². The van der Waals surface area contributed by atoms with Crippen molar-refractivity contribution in [2.75, 3.05) is 6.54 Å². The van der Waals surface area contributed by atoms with Crippen LogP contribution < -0.4 is 0 Å². The first-order valence-electron chi connectivity index (χ1n) is 5.55. The molecule has 1 atom stereocenters. The van der Waals surface area contributed by atoms with Crippen molar-refractivity contribution in [1.82, 2.24) is 4.90 Å². The Morgan fingerprint density at radius 3 is 2.76 bits per heavy atom.